The fourth-order valence-corrected chi connectivity index (χ4v) is 4.12. The SMILES string of the molecule is COc1ccc(C2C(c3ccc(F)cc3)C(=O)N2c2cc(OC)c(OC)c(OC)c2)cc1. The molecule has 0 aliphatic carbocycles. The summed E-state index contributed by atoms with van der Waals surface area (Å²) in [4.78, 5) is 15.1. The normalized spacial score (nSPS) is 17.5. The standard InChI is InChI=1S/C25H24FNO5/c1-29-19-11-7-16(8-12-19)23-22(15-5-9-17(26)10-6-15)25(28)27(23)18-13-20(30-2)24(32-4)21(14-18)31-3/h5-14,22-23H,1-4H3. The summed E-state index contributed by atoms with van der Waals surface area (Å²) in [5.74, 6) is 1.17. The molecule has 3 aromatic rings. The van der Waals surface area contributed by atoms with Gasteiger partial charge in [0.1, 0.15) is 11.6 Å². The van der Waals surface area contributed by atoms with Gasteiger partial charge in [0.2, 0.25) is 11.7 Å². The minimum atomic E-state index is -0.455. The Bertz CT molecular complexity index is 1090. The third-order valence-electron chi connectivity index (χ3n) is 5.71. The quantitative estimate of drug-likeness (QED) is 0.500. The van der Waals surface area contributed by atoms with Crippen LogP contribution in [0.15, 0.2) is 60.7 Å². The molecule has 0 bridgehead atoms. The van der Waals surface area contributed by atoms with Crippen LogP contribution < -0.4 is 23.8 Å². The molecule has 0 saturated carbocycles. The second-order valence-electron chi connectivity index (χ2n) is 7.34. The molecule has 1 amide bonds. The van der Waals surface area contributed by atoms with Crippen molar-refractivity contribution in [2.45, 2.75) is 12.0 Å². The Morgan fingerprint density at radius 1 is 0.750 bits per heavy atom. The summed E-state index contributed by atoms with van der Waals surface area (Å²) in [5.41, 5.74) is 2.29. The summed E-state index contributed by atoms with van der Waals surface area (Å²) >= 11 is 0. The highest BCUT2D eigenvalue weighted by Crippen LogP contribution is 2.52. The van der Waals surface area contributed by atoms with E-state index in [1.165, 1.54) is 33.5 Å². The fourth-order valence-electron chi connectivity index (χ4n) is 4.12. The number of carbonyl (C=O) groups is 1. The summed E-state index contributed by atoms with van der Waals surface area (Å²) in [7, 11) is 6.19. The Kier molecular flexibility index (Phi) is 5.90. The van der Waals surface area contributed by atoms with E-state index in [0.29, 0.717) is 22.9 Å². The number of β-lactam (4-membered cyclic amide) rings is 1. The Labute approximate surface area is 186 Å². The minimum absolute atomic E-state index is 0.105. The van der Waals surface area contributed by atoms with E-state index in [1.807, 2.05) is 24.3 Å². The molecule has 6 nitrogen and oxygen atoms in total. The van der Waals surface area contributed by atoms with Crippen molar-refractivity contribution in [1.82, 2.24) is 0 Å². The third kappa shape index (κ3) is 3.60. The largest absolute Gasteiger partial charge is 0.497 e. The number of anilines is 1. The van der Waals surface area contributed by atoms with E-state index in [-0.39, 0.29) is 17.8 Å². The Morgan fingerprint density at radius 3 is 1.81 bits per heavy atom. The second-order valence-corrected chi connectivity index (χ2v) is 7.34. The Balaban J connectivity index is 1.81. The molecule has 1 fully saturated rings. The maximum Gasteiger partial charge on any atom is 0.237 e. The van der Waals surface area contributed by atoms with Gasteiger partial charge < -0.3 is 23.8 Å². The number of nitrogens with zero attached hydrogens (tertiary/aromatic N) is 1. The van der Waals surface area contributed by atoms with Gasteiger partial charge in [-0.15, -0.1) is 0 Å². The highest BCUT2D eigenvalue weighted by molar-refractivity contribution is 6.07. The molecule has 1 heterocycles. The van der Waals surface area contributed by atoms with Crippen molar-refractivity contribution in [2.24, 2.45) is 0 Å². The third-order valence-corrected chi connectivity index (χ3v) is 5.71. The molecule has 1 aliphatic rings. The number of hydrogen-bond donors (Lipinski definition) is 0. The van der Waals surface area contributed by atoms with Crippen LogP contribution in [0.5, 0.6) is 23.0 Å². The lowest BCUT2D eigenvalue weighted by Crippen LogP contribution is -2.53. The maximum atomic E-state index is 13.5. The van der Waals surface area contributed by atoms with E-state index < -0.39 is 5.92 Å². The van der Waals surface area contributed by atoms with Crippen LogP contribution in [0.3, 0.4) is 0 Å². The number of ether oxygens (including phenoxy) is 4. The molecule has 0 N–H and O–H groups in total. The van der Waals surface area contributed by atoms with Gasteiger partial charge in [0.05, 0.1) is 46.1 Å². The average Bonchev–Trinajstić information content (AvgIpc) is 2.83. The Morgan fingerprint density at radius 2 is 1.31 bits per heavy atom. The maximum absolute atomic E-state index is 13.5. The molecule has 2 unspecified atom stereocenters. The van der Waals surface area contributed by atoms with Gasteiger partial charge in [-0.05, 0) is 35.4 Å². The summed E-state index contributed by atoms with van der Waals surface area (Å²) < 4.78 is 35.1. The van der Waals surface area contributed by atoms with Crippen molar-refractivity contribution in [3.05, 3.63) is 77.6 Å². The number of amides is 1. The van der Waals surface area contributed by atoms with Crippen LogP contribution in [-0.2, 0) is 4.79 Å². The molecule has 0 aromatic heterocycles. The molecule has 3 aromatic carbocycles. The highest BCUT2D eigenvalue weighted by atomic mass is 19.1. The second kappa shape index (κ2) is 8.78. The fraction of sp³-hybridized carbons (Fsp3) is 0.240. The topological polar surface area (TPSA) is 57.2 Å². The van der Waals surface area contributed by atoms with E-state index in [9.17, 15) is 9.18 Å². The van der Waals surface area contributed by atoms with Crippen molar-refractivity contribution >= 4 is 11.6 Å². The predicted molar refractivity (Wildman–Crippen MR) is 118 cm³/mol. The first kappa shape index (κ1) is 21.5. The number of methoxy groups -OCH3 is 4. The zero-order valence-electron chi connectivity index (χ0n) is 18.3. The van der Waals surface area contributed by atoms with Crippen molar-refractivity contribution in [3.8, 4) is 23.0 Å². The van der Waals surface area contributed by atoms with Crippen LogP contribution in [0.25, 0.3) is 0 Å². The van der Waals surface area contributed by atoms with Crippen LogP contribution >= 0.6 is 0 Å². The number of hydrogen-bond acceptors (Lipinski definition) is 5. The van der Waals surface area contributed by atoms with Gasteiger partial charge in [0.25, 0.3) is 0 Å². The lowest BCUT2D eigenvalue weighted by Gasteiger charge is -2.48. The molecule has 0 spiro atoms. The van der Waals surface area contributed by atoms with Gasteiger partial charge in [-0.1, -0.05) is 24.3 Å². The zero-order valence-corrected chi connectivity index (χ0v) is 18.3. The monoisotopic (exact) mass is 437 g/mol. The number of rotatable bonds is 7. The summed E-state index contributed by atoms with van der Waals surface area (Å²) in [6.45, 7) is 0. The Hall–Kier alpha value is -3.74. The van der Waals surface area contributed by atoms with E-state index in [4.69, 9.17) is 18.9 Å². The molecule has 166 valence electrons. The minimum Gasteiger partial charge on any atom is -0.497 e. The molecular formula is C25H24FNO5. The summed E-state index contributed by atoms with van der Waals surface area (Å²) in [6, 6.07) is 16.8. The first-order chi connectivity index (χ1) is 15.5. The first-order valence-corrected chi connectivity index (χ1v) is 10.0. The van der Waals surface area contributed by atoms with Crippen LogP contribution in [0.2, 0.25) is 0 Å². The van der Waals surface area contributed by atoms with E-state index in [2.05, 4.69) is 0 Å². The van der Waals surface area contributed by atoms with E-state index in [1.54, 1.807) is 36.3 Å². The molecule has 0 radical (unpaired) electrons. The van der Waals surface area contributed by atoms with Gasteiger partial charge in [0, 0.05) is 12.1 Å². The van der Waals surface area contributed by atoms with Gasteiger partial charge in [0.15, 0.2) is 11.5 Å². The molecular weight excluding hydrogens is 413 g/mol. The van der Waals surface area contributed by atoms with Crippen LogP contribution in [-0.4, -0.2) is 34.3 Å². The van der Waals surface area contributed by atoms with E-state index >= 15 is 0 Å². The first-order valence-electron chi connectivity index (χ1n) is 10.0. The number of carbonyl (C=O) groups excluding carboxylic acids is 1. The molecule has 4 rings (SSSR count). The summed E-state index contributed by atoms with van der Waals surface area (Å²) in [6.07, 6.45) is 0. The van der Waals surface area contributed by atoms with Crippen LogP contribution in [0, 0.1) is 5.82 Å². The average molecular weight is 437 g/mol. The van der Waals surface area contributed by atoms with E-state index in [0.717, 1.165) is 16.9 Å². The van der Waals surface area contributed by atoms with Gasteiger partial charge in [-0.2, -0.15) is 0 Å². The van der Waals surface area contributed by atoms with Gasteiger partial charge in [-0.3, -0.25) is 4.79 Å². The number of halogens is 1. The zero-order chi connectivity index (χ0) is 22.8. The number of benzene rings is 3. The molecule has 1 saturated heterocycles. The molecule has 32 heavy (non-hydrogen) atoms. The van der Waals surface area contributed by atoms with Crippen molar-refractivity contribution in [3.63, 3.8) is 0 Å². The van der Waals surface area contributed by atoms with Crippen LogP contribution in [0.4, 0.5) is 10.1 Å². The lowest BCUT2D eigenvalue weighted by atomic mass is 9.77. The highest BCUT2D eigenvalue weighted by Gasteiger charge is 2.50. The van der Waals surface area contributed by atoms with Crippen LogP contribution in [0.1, 0.15) is 23.1 Å². The molecule has 1 aliphatic heterocycles. The molecule has 7 heteroatoms. The molecule has 2 atom stereocenters. The van der Waals surface area contributed by atoms with Gasteiger partial charge >= 0.3 is 0 Å². The predicted octanol–water partition coefficient (Wildman–Crippen LogP) is 4.73. The van der Waals surface area contributed by atoms with Crippen molar-refractivity contribution < 1.29 is 28.1 Å². The lowest BCUT2D eigenvalue weighted by molar-refractivity contribution is -0.126. The smallest absolute Gasteiger partial charge is 0.237 e. The van der Waals surface area contributed by atoms with Gasteiger partial charge in [-0.25, -0.2) is 4.39 Å². The van der Waals surface area contributed by atoms with Crippen molar-refractivity contribution in [2.75, 3.05) is 33.3 Å². The summed E-state index contributed by atoms with van der Waals surface area (Å²) in [5, 5.41) is 0. The van der Waals surface area contributed by atoms with Crippen molar-refractivity contribution in [1.29, 1.82) is 0 Å².